The van der Waals surface area contributed by atoms with E-state index in [9.17, 15) is 0 Å². The van der Waals surface area contributed by atoms with E-state index in [2.05, 4.69) is 73.6 Å². The zero-order chi connectivity index (χ0) is 14.2. The summed E-state index contributed by atoms with van der Waals surface area (Å²) >= 11 is 1.36. The summed E-state index contributed by atoms with van der Waals surface area (Å²) in [5.74, 6) is 0. The summed E-state index contributed by atoms with van der Waals surface area (Å²) in [5.41, 5.74) is 0. The van der Waals surface area contributed by atoms with Gasteiger partial charge >= 0.3 is 30.2 Å². The molecular weight excluding hydrogens is 398 g/mol. The molecule has 0 saturated carbocycles. The molecule has 4 rings (SSSR count). The van der Waals surface area contributed by atoms with E-state index >= 15 is 0 Å². The van der Waals surface area contributed by atoms with Crippen molar-refractivity contribution in [3.63, 3.8) is 0 Å². The zero-order valence-corrected chi connectivity index (χ0v) is 17.4. The van der Waals surface area contributed by atoms with E-state index < -0.39 is 0 Å². The van der Waals surface area contributed by atoms with Crippen molar-refractivity contribution >= 4 is 28.4 Å². The van der Waals surface area contributed by atoms with Gasteiger partial charge in [-0.25, -0.2) is 12.2 Å². The van der Waals surface area contributed by atoms with Crippen LogP contribution in [0.25, 0.3) is 21.5 Å². The molecule has 24 heavy (non-hydrogen) atoms. The molecule has 3 aromatic carbocycles. The van der Waals surface area contributed by atoms with Gasteiger partial charge in [0, 0.05) is 0 Å². The van der Waals surface area contributed by atoms with Crippen molar-refractivity contribution in [1.29, 1.82) is 0 Å². The van der Waals surface area contributed by atoms with Gasteiger partial charge < -0.3 is 14.9 Å². The van der Waals surface area contributed by atoms with Crippen LogP contribution in [0.5, 0.6) is 0 Å². The van der Waals surface area contributed by atoms with E-state index in [1.807, 2.05) is 12.2 Å². The number of rotatable bonds is 0. The van der Waals surface area contributed by atoms with Crippen molar-refractivity contribution in [2.24, 2.45) is 0 Å². The van der Waals surface area contributed by atoms with Crippen LogP contribution in [0.1, 0.15) is 6.42 Å². The number of fused-ring (bicyclic) bond motifs is 3. The van der Waals surface area contributed by atoms with Gasteiger partial charge in [-0.3, -0.25) is 15.5 Å². The van der Waals surface area contributed by atoms with Crippen LogP contribution >= 0.6 is 0 Å². The van der Waals surface area contributed by atoms with E-state index in [0.717, 1.165) is 6.42 Å². The summed E-state index contributed by atoms with van der Waals surface area (Å²) < 4.78 is 0. The largest absolute Gasteiger partial charge is 0.126 e. The van der Waals surface area contributed by atoms with Crippen molar-refractivity contribution in [2.75, 3.05) is 0 Å². The monoisotopic (exact) mass is 418 g/mol. The molecule has 0 nitrogen and oxygen atoms in total. The first-order valence-electron chi connectivity index (χ1n) is 6.45. The Labute approximate surface area is 160 Å². The van der Waals surface area contributed by atoms with E-state index in [-0.39, 0.29) is 24.3 Å². The van der Waals surface area contributed by atoms with Crippen LogP contribution in [0, 0.1) is 20.9 Å². The minimum atomic E-state index is 0. The Morgan fingerprint density at radius 2 is 1.29 bits per heavy atom. The number of allylic oxidation sites excluding steroid dienone is 4. The van der Waals surface area contributed by atoms with Crippen molar-refractivity contribution < 1.29 is 32.7 Å². The molecule has 0 fully saturated rings. The van der Waals surface area contributed by atoms with Gasteiger partial charge in [-0.05, 0) is 0 Å². The topological polar surface area (TPSA) is 0 Å². The first-order valence-corrected chi connectivity index (χ1v) is 10.6. The van der Waals surface area contributed by atoms with E-state index in [4.69, 9.17) is 0 Å². The molecule has 0 N–H and O–H groups in total. The van der Waals surface area contributed by atoms with Gasteiger partial charge in [0.25, 0.3) is 0 Å². The second-order valence-electron chi connectivity index (χ2n) is 4.32. The minimum absolute atomic E-state index is 0. The van der Waals surface area contributed by atoms with Crippen LogP contribution in [0.15, 0.2) is 72.8 Å². The smallest absolute Gasteiger partial charge is 0.0771 e. The quantitative estimate of drug-likeness (QED) is 0.317. The molecule has 0 aliphatic heterocycles. The first-order chi connectivity index (χ1) is 9.95. The molecule has 0 spiro atoms. The second-order valence-corrected chi connectivity index (χ2v) is 4.32. The predicted molar refractivity (Wildman–Crippen MR) is 102 cm³/mol. The summed E-state index contributed by atoms with van der Waals surface area (Å²) in [5, 5.41) is 5.39. The first kappa shape index (κ1) is 27.6. The maximum atomic E-state index is 3.06. The van der Waals surface area contributed by atoms with Crippen LogP contribution in [0.2, 0.25) is 0 Å². The molecule has 1 aliphatic carbocycles. The molecule has 0 amide bonds. The molecular formula is C20H22F2SiZr-4. The normalized spacial score (nSPS) is 9.79. The van der Waals surface area contributed by atoms with E-state index in [1.165, 1.54) is 44.9 Å². The van der Waals surface area contributed by atoms with Crippen molar-refractivity contribution in [3.05, 3.63) is 93.8 Å². The Balaban J connectivity index is -0.000000351. The third-order valence-electron chi connectivity index (χ3n) is 3.11. The molecule has 2 radical (unpaired) electrons. The molecule has 0 atom stereocenters. The average molecular weight is 420 g/mol. The maximum Gasteiger partial charge on any atom is -0.0771 e. The summed E-state index contributed by atoms with van der Waals surface area (Å²) in [4.78, 5) is 0. The van der Waals surface area contributed by atoms with Crippen molar-refractivity contribution in [1.82, 2.24) is 0 Å². The van der Waals surface area contributed by atoms with Gasteiger partial charge in [-0.2, -0.15) is 6.08 Å². The summed E-state index contributed by atoms with van der Waals surface area (Å²) in [6, 6.07) is 19.3. The Bertz CT molecular complexity index is 687. The minimum Gasteiger partial charge on any atom is -0.126 e. The van der Waals surface area contributed by atoms with Crippen LogP contribution in [-0.2, 0) is 23.3 Å². The Hall–Kier alpha value is -1.25. The molecule has 0 heterocycles. The standard InChI is InChI=1S/C13H9.C5H5.2CH3.2FH.Si.Zr/c1-3-7-12-10(5-1)9-11-6-2-4-8-13(11)12;1-2-4-5-3-1;;;;;;/h1-9H;1-3H,4H2;2*1H3;2*1H;;/q4*-1;;;;. The molecule has 4 heteroatoms. The zero-order valence-electron chi connectivity index (χ0n) is 14.0. The second kappa shape index (κ2) is 15.3. The fourth-order valence-electron chi connectivity index (χ4n) is 2.24. The van der Waals surface area contributed by atoms with Crippen molar-refractivity contribution in [2.45, 2.75) is 6.42 Å². The van der Waals surface area contributed by atoms with Crippen LogP contribution in [-0.4, -0.2) is 6.88 Å². The summed E-state index contributed by atoms with van der Waals surface area (Å²) in [6.45, 7) is 3.06. The van der Waals surface area contributed by atoms with E-state index in [0.29, 0.717) is 0 Å². The van der Waals surface area contributed by atoms with Gasteiger partial charge in [0.2, 0.25) is 0 Å². The van der Waals surface area contributed by atoms with Crippen LogP contribution in [0.4, 0.5) is 9.41 Å². The number of benzene rings is 2. The predicted octanol–water partition coefficient (Wildman–Crippen LogP) is 5.84. The SMILES string of the molecule is F.F.[C-]1=CC=CC1.[CH3-].[CH3-].[Si]=[Zr].c1ccc2c(c1)[cH-]c1ccccc12. The number of hydrogen-bond donors (Lipinski definition) is 0. The Morgan fingerprint density at radius 1 is 0.833 bits per heavy atom. The van der Waals surface area contributed by atoms with Crippen molar-refractivity contribution in [3.8, 4) is 0 Å². The van der Waals surface area contributed by atoms with Gasteiger partial charge in [-0.1, -0.05) is 36.4 Å². The van der Waals surface area contributed by atoms with Crippen LogP contribution < -0.4 is 0 Å². The number of hydrogen-bond acceptors (Lipinski definition) is 0. The van der Waals surface area contributed by atoms with Crippen LogP contribution in [0.3, 0.4) is 0 Å². The third-order valence-corrected chi connectivity index (χ3v) is 3.11. The molecule has 0 bridgehead atoms. The fraction of sp³-hybridized carbons (Fsp3) is 0.0500. The summed E-state index contributed by atoms with van der Waals surface area (Å²) in [6.07, 6.45) is 10.0. The fourth-order valence-corrected chi connectivity index (χ4v) is 2.24. The molecule has 1 aliphatic rings. The molecule has 0 unspecified atom stereocenters. The number of halogens is 2. The average Bonchev–Trinajstić information content (AvgIpc) is 3.20. The third kappa shape index (κ3) is 7.11. The molecule has 128 valence electrons. The molecule has 0 aromatic heterocycles. The van der Waals surface area contributed by atoms with Gasteiger partial charge in [0.1, 0.15) is 0 Å². The molecule has 3 aromatic rings. The molecule has 0 saturated heterocycles. The van der Waals surface area contributed by atoms with Gasteiger partial charge in [0.05, 0.1) is 0 Å². The van der Waals surface area contributed by atoms with Gasteiger partial charge in [0.15, 0.2) is 0 Å². The maximum absolute atomic E-state index is 3.06. The van der Waals surface area contributed by atoms with E-state index in [1.54, 1.807) is 0 Å². The Morgan fingerprint density at radius 3 is 1.62 bits per heavy atom. The Kier molecular flexibility index (Phi) is 17.6. The summed E-state index contributed by atoms with van der Waals surface area (Å²) in [7, 11) is 0. The van der Waals surface area contributed by atoms with Gasteiger partial charge in [-0.15, -0.1) is 46.2 Å².